The van der Waals surface area contributed by atoms with Gasteiger partial charge in [-0.05, 0) is 12.5 Å². The Hall–Kier alpha value is -1.59. The van der Waals surface area contributed by atoms with Gasteiger partial charge in [0.1, 0.15) is 5.82 Å². The maximum atomic E-state index is 13.3. The Labute approximate surface area is 94.9 Å². The van der Waals surface area contributed by atoms with Crippen LogP contribution in [0.3, 0.4) is 0 Å². The van der Waals surface area contributed by atoms with Crippen molar-refractivity contribution in [3.8, 4) is 0 Å². The summed E-state index contributed by atoms with van der Waals surface area (Å²) in [6, 6.07) is 4.95. The Bertz CT molecular complexity index is 401. The summed E-state index contributed by atoms with van der Waals surface area (Å²) in [4.78, 5) is 10.8. The Morgan fingerprint density at radius 3 is 2.35 bits per heavy atom. The standard InChI is InChI=1S/C11H10F4O2/c12-9-4-2-1-3-7(9)8(10(16)17)5-6-11(13,14)15/h1-4,8H,5-6H2,(H,16,17). The predicted octanol–water partition coefficient (Wildman–Crippen LogP) is 3.34. The molecule has 0 spiro atoms. The van der Waals surface area contributed by atoms with Gasteiger partial charge in [0.25, 0.3) is 0 Å². The fourth-order valence-electron chi connectivity index (χ4n) is 1.48. The van der Waals surface area contributed by atoms with E-state index in [9.17, 15) is 22.4 Å². The molecule has 17 heavy (non-hydrogen) atoms. The summed E-state index contributed by atoms with van der Waals surface area (Å²) in [6.07, 6.45) is -6.36. The molecule has 0 amide bonds. The second-order valence-corrected chi connectivity index (χ2v) is 3.57. The lowest BCUT2D eigenvalue weighted by Crippen LogP contribution is -2.17. The van der Waals surface area contributed by atoms with E-state index in [1.807, 2.05) is 0 Å². The lowest BCUT2D eigenvalue weighted by Gasteiger charge is -2.14. The number of hydrogen-bond donors (Lipinski definition) is 1. The Kier molecular flexibility index (Phi) is 4.09. The van der Waals surface area contributed by atoms with Gasteiger partial charge in [-0.3, -0.25) is 4.79 Å². The molecule has 1 aromatic carbocycles. The zero-order valence-corrected chi connectivity index (χ0v) is 8.67. The number of halogens is 4. The van der Waals surface area contributed by atoms with Gasteiger partial charge in [-0.25, -0.2) is 4.39 Å². The first-order chi connectivity index (χ1) is 7.81. The summed E-state index contributed by atoms with van der Waals surface area (Å²) >= 11 is 0. The summed E-state index contributed by atoms with van der Waals surface area (Å²) in [5.74, 6) is -3.74. The highest BCUT2D eigenvalue weighted by Gasteiger charge is 2.32. The van der Waals surface area contributed by atoms with Crippen LogP contribution in [0.25, 0.3) is 0 Å². The van der Waals surface area contributed by atoms with Gasteiger partial charge in [-0.1, -0.05) is 18.2 Å². The molecule has 0 heterocycles. The number of carboxylic acid groups (broad SMARTS) is 1. The first kappa shape index (κ1) is 13.5. The molecule has 0 radical (unpaired) electrons. The summed E-state index contributed by atoms with van der Waals surface area (Å²) in [5.41, 5.74) is -0.218. The lowest BCUT2D eigenvalue weighted by atomic mass is 9.94. The lowest BCUT2D eigenvalue weighted by molar-refractivity contribution is -0.145. The van der Waals surface area contributed by atoms with E-state index in [0.29, 0.717) is 0 Å². The van der Waals surface area contributed by atoms with Crippen LogP contribution in [0.4, 0.5) is 17.6 Å². The molecule has 0 saturated heterocycles. The van der Waals surface area contributed by atoms with Crippen LogP contribution in [0.5, 0.6) is 0 Å². The van der Waals surface area contributed by atoms with Gasteiger partial charge < -0.3 is 5.11 Å². The number of benzene rings is 1. The molecule has 6 heteroatoms. The van der Waals surface area contributed by atoms with E-state index in [2.05, 4.69) is 0 Å². The summed E-state index contributed by atoms with van der Waals surface area (Å²) in [7, 11) is 0. The molecule has 0 aliphatic rings. The number of carbonyl (C=O) groups is 1. The first-order valence-electron chi connectivity index (χ1n) is 4.85. The second kappa shape index (κ2) is 5.16. The highest BCUT2D eigenvalue weighted by molar-refractivity contribution is 5.76. The normalized spacial score (nSPS) is 13.4. The molecule has 1 N–H and O–H groups in total. The van der Waals surface area contributed by atoms with Gasteiger partial charge in [0.15, 0.2) is 0 Å². The van der Waals surface area contributed by atoms with E-state index in [1.165, 1.54) is 18.2 Å². The van der Waals surface area contributed by atoms with Crippen molar-refractivity contribution in [2.24, 2.45) is 0 Å². The maximum absolute atomic E-state index is 13.3. The van der Waals surface area contributed by atoms with Crippen molar-refractivity contribution >= 4 is 5.97 Å². The average Bonchev–Trinajstić information content (AvgIpc) is 2.18. The van der Waals surface area contributed by atoms with Crippen molar-refractivity contribution < 1.29 is 27.5 Å². The molecule has 0 aliphatic carbocycles. The third-order valence-electron chi connectivity index (χ3n) is 2.30. The minimum absolute atomic E-state index is 0.218. The van der Waals surface area contributed by atoms with E-state index in [0.717, 1.165) is 6.07 Å². The van der Waals surface area contributed by atoms with Gasteiger partial charge in [0.05, 0.1) is 5.92 Å². The van der Waals surface area contributed by atoms with Gasteiger partial charge in [0, 0.05) is 12.0 Å². The van der Waals surface area contributed by atoms with E-state index in [1.54, 1.807) is 0 Å². The highest BCUT2D eigenvalue weighted by Crippen LogP contribution is 2.30. The maximum Gasteiger partial charge on any atom is 0.389 e. The number of alkyl halides is 3. The number of rotatable bonds is 4. The summed E-state index contributed by atoms with van der Waals surface area (Å²) in [5, 5.41) is 8.81. The van der Waals surface area contributed by atoms with E-state index in [4.69, 9.17) is 5.11 Å². The largest absolute Gasteiger partial charge is 0.481 e. The van der Waals surface area contributed by atoms with Crippen LogP contribution in [0.1, 0.15) is 24.3 Å². The number of carboxylic acids is 1. The zero-order valence-electron chi connectivity index (χ0n) is 8.67. The van der Waals surface area contributed by atoms with Gasteiger partial charge in [-0.2, -0.15) is 13.2 Å². The average molecular weight is 250 g/mol. The SMILES string of the molecule is O=C(O)C(CCC(F)(F)F)c1ccccc1F. The van der Waals surface area contributed by atoms with Crippen LogP contribution >= 0.6 is 0 Å². The van der Waals surface area contributed by atoms with Gasteiger partial charge in [-0.15, -0.1) is 0 Å². The van der Waals surface area contributed by atoms with Crippen LogP contribution in [0.2, 0.25) is 0 Å². The fraction of sp³-hybridized carbons (Fsp3) is 0.364. The van der Waals surface area contributed by atoms with Crippen molar-refractivity contribution in [1.29, 1.82) is 0 Å². The molecule has 0 aromatic heterocycles. The minimum atomic E-state index is -4.45. The van der Waals surface area contributed by atoms with Gasteiger partial charge >= 0.3 is 12.1 Å². The molecule has 1 unspecified atom stereocenters. The van der Waals surface area contributed by atoms with Gasteiger partial charge in [0.2, 0.25) is 0 Å². The summed E-state index contributed by atoms with van der Waals surface area (Å²) < 4.78 is 49.3. The van der Waals surface area contributed by atoms with Crippen LogP contribution in [0.15, 0.2) is 24.3 Å². The monoisotopic (exact) mass is 250 g/mol. The van der Waals surface area contributed by atoms with Crippen molar-refractivity contribution in [2.45, 2.75) is 24.9 Å². The molecule has 0 saturated carbocycles. The molecule has 0 bridgehead atoms. The minimum Gasteiger partial charge on any atom is -0.481 e. The van der Waals surface area contributed by atoms with Crippen LogP contribution in [-0.4, -0.2) is 17.3 Å². The van der Waals surface area contributed by atoms with E-state index < -0.39 is 36.7 Å². The Balaban J connectivity index is 2.88. The Morgan fingerprint density at radius 1 is 1.29 bits per heavy atom. The smallest absolute Gasteiger partial charge is 0.389 e. The van der Waals surface area contributed by atoms with Crippen LogP contribution < -0.4 is 0 Å². The second-order valence-electron chi connectivity index (χ2n) is 3.57. The molecular formula is C11H10F4O2. The predicted molar refractivity (Wildman–Crippen MR) is 52.1 cm³/mol. The zero-order chi connectivity index (χ0) is 13.1. The molecule has 2 nitrogen and oxygen atoms in total. The Morgan fingerprint density at radius 2 is 1.88 bits per heavy atom. The van der Waals surface area contributed by atoms with Crippen LogP contribution in [0, 0.1) is 5.82 Å². The quantitative estimate of drug-likeness (QED) is 0.832. The number of hydrogen-bond acceptors (Lipinski definition) is 1. The molecule has 94 valence electrons. The topological polar surface area (TPSA) is 37.3 Å². The van der Waals surface area contributed by atoms with Crippen molar-refractivity contribution in [1.82, 2.24) is 0 Å². The fourth-order valence-corrected chi connectivity index (χ4v) is 1.48. The third kappa shape index (κ3) is 4.05. The summed E-state index contributed by atoms with van der Waals surface area (Å²) in [6.45, 7) is 0. The molecule has 1 rings (SSSR count). The molecular weight excluding hydrogens is 240 g/mol. The molecule has 1 atom stereocenters. The molecule has 0 fully saturated rings. The van der Waals surface area contributed by atoms with E-state index in [-0.39, 0.29) is 5.56 Å². The van der Waals surface area contributed by atoms with Crippen molar-refractivity contribution in [2.75, 3.05) is 0 Å². The van der Waals surface area contributed by atoms with Crippen LogP contribution in [-0.2, 0) is 4.79 Å². The highest BCUT2D eigenvalue weighted by atomic mass is 19.4. The third-order valence-corrected chi connectivity index (χ3v) is 2.30. The van der Waals surface area contributed by atoms with E-state index >= 15 is 0 Å². The van der Waals surface area contributed by atoms with Crippen molar-refractivity contribution in [3.63, 3.8) is 0 Å². The number of aliphatic carboxylic acids is 1. The molecule has 1 aromatic rings. The van der Waals surface area contributed by atoms with Crippen molar-refractivity contribution in [3.05, 3.63) is 35.6 Å². The molecule has 0 aliphatic heterocycles. The first-order valence-corrected chi connectivity index (χ1v) is 4.85.